The Kier molecular flexibility index (Phi) is 4.48. The van der Waals surface area contributed by atoms with Gasteiger partial charge in [0.15, 0.2) is 0 Å². The van der Waals surface area contributed by atoms with Gasteiger partial charge in [-0.1, -0.05) is 29.3 Å². The van der Waals surface area contributed by atoms with Crippen molar-refractivity contribution in [2.24, 2.45) is 0 Å². The molecular weight excluding hydrogens is 266 g/mol. The Bertz CT molecular complexity index is 645. The normalized spacial score (nSPS) is 10.2. The molecule has 0 saturated carbocycles. The summed E-state index contributed by atoms with van der Waals surface area (Å²) in [4.78, 5) is 12.0. The molecule has 0 radical (unpaired) electrons. The van der Waals surface area contributed by atoms with E-state index in [4.69, 9.17) is 15.2 Å². The van der Waals surface area contributed by atoms with Gasteiger partial charge < -0.3 is 15.2 Å². The average molecular weight is 285 g/mol. The van der Waals surface area contributed by atoms with Crippen LogP contribution in [0.5, 0.6) is 5.75 Å². The van der Waals surface area contributed by atoms with E-state index in [1.54, 1.807) is 18.2 Å². The van der Waals surface area contributed by atoms with Crippen LogP contribution in [0.25, 0.3) is 0 Å². The fourth-order valence-electron chi connectivity index (χ4n) is 2.25. The number of carbonyl (C=O) groups is 1. The zero-order valence-electron chi connectivity index (χ0n) is 12.5. The number of methoxy groups -OCH3 is 1. The Morgan fingerprint density at radius 1 is 1.10 bits per heavy atom. The van der Waals surface area contributed by atoms with Crippen LogP contribution in [0, 0.1) is 13.8 Å². The lowest BCUT2D eigenvalue weighted by Crippen LogP contribution is -2.06. The largest absolute Gasteiger partial charge is 0.495 e. The van der Waals surface area contributed by atoms with Crippen LogP contribution in [0.1, 0.15) is 27.0 Å². The third kappa shape index (κ3) is 3.75. The van der Waals surface area contributed by atoms with Crippen molar-refractivity contribution in [3.63, 3.8) is 0 Å². The molecule has 0 amide bonds. The van der Waals surface area contributed by atoms with Crippen molar-refractivity contribution in [2.75, 3.05) is 12.8 Å². The number of anilines is 1. The van der Waals surface area contributed by atoms with Gasteiger partial charge in [0, 0.05) is 0 Å². The third-order valence-corrected chi connectivity index (χ3v) is 3.12. The number of esters is 1. The van der Waals surface area contributed by atoms with Gasteiger partial charge in [-0.2, -0.15) is 0 Å². The maximum Gasteiger partial charge on any atom is 0.338 e. The molecule has 4 heteroatoms. The Morgan fingerprint density at radius 3 is 2.33 bits per heavy atom. The van der Waals surface area contributed by atoms with Crippen LogP contribution in [0.2, 0.25) is 0 Å². The van der Waals surface area contributed by atoms with Crippen LogP contribution in [0.15, 0.2) is 36.4 Å². The second-order valence-corrected chi connectivity index (χ2v) is 5.03. The highest BCUT2D eigenvalue weighted by molar-refractivity contribution is 5.91. The SMILES string of the molecule is COc1ccc(C(=O)OCc2cc(C)cc(C)c2)cc1N. The monoisotopic (exact) mass is 285 g/mol. The van der Waals surface area contributed by atoms with Crippen LogP contribution in [-0.2, 0) is 11.3 Å². The molecule has 0 spiro atoms. The number of nitrogen functional groups attached to an aromatic ring is 1. The van der Waals surface area contributed by atoms with Gasteiger partial charge in [0.1, 0.15) is 12.4 Å². The number of rotatable bonds is 4. The number of benzene rings is 2. The van der Waals surface area contributed by atoms with Gasteiger partial charge in [-0.05, 0) is 37.6 Å². The summed E-state index contributed by atoms with van der Waals surface area (Å²) < 4.78 is 10.4. The molecule has 2 N–H and O–H groups in total. The van der Waals surface area contributed by atoms with E-state index >= 15 is 0 Å². The minimum atomic E-state index is -0.400. The fraction of sp³-hybridized carbons (Fsp3) is 0.235. The van der Waals surface area contributed by atoms with Crippen LogP contribution in [0.3, 0.4) is 0 Å². The Balaban J connectivity index is 2.06. The molecule has 0 heterocycles. The summed E-state index contributed by atoms with van der Waals surface area (Å²) in [7, 11) is 1.53. The zero-order chi connectivity index (χ0) is 15.4. The van der Waals surface area contributed by atoms with Crippen molar-refractivity contribution in [1.29, 1.82) is 0 Å². The van der Waals surface area contributed by atoms with Crippen LogP contribution >= 0.6 is 0 Å². The summed E-state index contributed by atoms with van der Waals surface area (Å²) in [5.74, 6) is 0.143. The molecule has 0 bridgehead atoms. The minimum absolute atomic E-state index is 0.243. The first-order valence-corrected chi connectivity index (χ1v) is 6.67. The van der Waals surface area contributed by atoms with Crippen molar-refractivity contribution >= 4 is 11.7 Å². The van der Waals surface area contributed by atoms with Crippen molar-refractivity contribution in [1.82, 2.24) is 0 Å². The second-order valence-electron chi connectivity index (χ2n) is 5.03. The van der Waals surface area contributed by atoms with Gasteiger partial charge in [-0.15, -0.1) is 0 Å². The first kappa shape index (κ1) is 14.9. The van der Waals surface area contributed by atoms with Gasteiger partial charge in [-0.25, -0.2) is 4.79 Å². The number of hydrogen-bond acceptors (Lipinski definition) is 4. The summed E-state index contributed by atoms with van der Waals surface area (Å²) in [6, 6.07) is 10.9. The average Bonchev–Trinajstić information content (AvgIpc) is 2.43. The standard InChI is InChI=1S/C17H19NO3/c1-11-6-12(2)8-13(7-11)10-21-17(19)14-4-5-16(20-3)15(18)9-14/h4-9H,10,18H2,1-3H3. The lowest BCUT2D eigenvalue weighted by molar-refractivity contribution is 0.0472. The van der Waals surface area contributed by atoms with E-state index < -0.39 is 5.97 Å². The highest BCUT2D eigenvalue weighted by Gasteiger charge is 2.10. The lowest BCUT2D eigenvalue weighted by Gasteiger charge is -2.09. The molecule has 2 rings (SSSR count). The third-order valence-electron chi connectivity index (χ3n) is 3.12. The highest BCUT2D eigenvalue weighted by atomic mass is 16.5. The Labute approximate surface area is 124 Å². The molecule has 0 fully saturated rings. The van der Waals surface area contributed by atoms with Crippen molar-refractivity contribution in [2.45, 2.75) is 20.5 Å². The van der Waals surface area contributed by atoms with E-state index in [2.05, 4.69) is 6.07 Å². The molecule has 0 unspecified atom stereocenters. The molecule has 21 heavy (non-hydrogen) atoms. The first-order chi connectivity index (χ1) is 9.99. The summed E-state index contributed by atoms with van der Waals surface area (Å²) in [5, 5.41) is 0. The van der Waals surface area contributed by atoms with Crippen LogP contribution < -0.4 is 10.5 Å². The van der Waals surface area contributed by atoms with Gasteiger partial charge >= 0.3 is 5.97 Å². The van der Waals surface area contributed by atoms with Crippen LogP contribution in [0.4, 0.5) is 5.69 Å². The number of carbonyl (C=O) groups excluding carboxylic acids is 1. The molecule has 0 aliphatic heterocycles. The second kappa shape index (κ2) is 6.31. The summed E-state index contributed by atoms with van der Waals surface area (Å²) in [6.07, 6.45) is 0. The molecule has 0 saturated heterocycles. The number of aryl methyl sites for hydroxylation is 2. The van der Waals surface area contributed by atoms with E-state index in [1.165, 1.54) is 7.11 Å². The summed E-state index contributed by atoms with van der Waals surface area (Å²) in [5.41, 5.74) is 9.88. The topological polar surface area (TPSA) is 61.5 Å². The molecule has 2 aromatic rings. The van der Waals surface area contributed by atoms with E-state index in [-0.39, 0.29) is 6.61 Å². The summed E-state index contributed by atoms with van der Waals surface area (Å²) >= 11 is 0. The predicted octanol–water partition coefficient (Wildman–Crippen LogP) is 3.25. The van der Waals surface area contributed by atoms with E-state index in [0.717, 1.165) is 16.7 Å². The van der Waals surface area contributed by atoms with Crippen LogP contribution in [-0.4, -0.2) is 13.1 Å². The Hall–Kier alpha value is -2.49. The van der Waals surface area contributed by atoms with E-state index in [0.29, 0.717) is 17.0 Å². The quantitative estimate of drug-likeness (QED) is 0.692. The van der Waals surface area contributed by atoms with Gasteiger partial charge in [0.05, 0.1) is 18.4 Å². The highest BCUT2D eigenvalue weighted by Crippen LogP contribution is 2.22. The fourth-order valence-corrected chi connectivity index (χ4v) is 2.25. The maximum atomic E-state index is 12.0. The first-order valence-electron chi connectivity index (χ1n) is 6.67. The zero-order valence-corrected chi connectivity index (χ0v) is 12.5. The number of ether oxygens (including phenoxy) is 2. The summed E-state index contributed by atoms with van der Waals surface area (Å²) in [6.45, 7) is 4.28. The molecule has 2 aromatic carbocycles. The minimum Gasteiger partial charge on any atom is -0.495 e. The lowest BCUT2D eigenvalue weighted by atomic mass is 10.1. The van der Waals surface area contributed by atoms with Gasteiger partial charge in [0.25, 0.3) is 0 Å². The molecule has 0 aromatic heterocycles. The molecule has 0 aliphatic rings. The smallest absolute Gasteiger partial charge is 0.338 e. The number of nitrogens with two attached hydrogens (primary N) is 1. The molecule has 110 valence electrons. The predicted molar refractivity (Wildman–Crippen MR) is 82.4 cm³/mol. The molecular formula is C17H19NO3. The Morgan fingerprint density at radius 2 is 1.76 bits per heavy atom. The maximum absolute atomic E-state index is 12.0. The molecule has 0 aliphatic carbocycles. The van der Waals surface area contributed by atoms with Crippen molar-refractivity contribution < 1.29 is 14.3 Å². The van der Waals surface area contributed by atoms with Crippen molar-refractivity contribution in [3.8, 4) is 5.75 Å². The van der Waals surface area contributed by atoms with E-state index in [1.807, 2.05) is 26.0 Å². The molecule has 4 nitrogen and oxygen atoms in total. The van der Waals surface area contributed by atoms with Gasteiger partial charge in [0.2, 0.25) is 0 Å². The van der Waals surface area contributed by atoms with E-state index in [9.17, 15) is 4.79 Å². The molecule has 0 atom stereocenters. The van der Waals surface area contributed by atoms with Gasteiger partial charge in [-0.3, -0.25) is 0 Å². The van der Waals surface area contributed by atoms with Crippen molar-refractivity contribution in [3.05, 3.63) is 58.7 Å². The number of hydrogen-bond donors (Lipinski definition) is 1.